The molecule has 0 fully saturated rings. The van der Waals surface area contributed by atoms with Gasteiger partial charge in [0.05, 0.1) is 11.0 Å². The smallest absolute Gasteiger partial charge is 0.272 e. The van der Waals surface area contributed by atoms with Crippen molar-refractivity contribution >= 4 is 17.4 Å². The lowest BCUT2D eigenvalue weighted by Crippen LogP contribution is -2.04. The Morgan fingerprint density at radius 1 is 1.20 bits per heavy atom. The molecule has 0 aliphatic rings. The minimum Gasteiger partial charge on any atom is -0.388 e. The molecule has 0 aromatic heterocycles. The van der Waals surface area contributed by atoms with Crippen molar-refractivity contribution in [1.29, 1.82) is 0 Å². The number of nitrogens with zero attached hydrogens (tertiary/aromatic N) is 1. The van der Waals surface area contributed by atoms with Gasteiger partial charge in [0.15, 0.2) is 0 Å². The van der Waals surface area contributed by atoms with E-state index in [2.05, 4.69) is 0 Å². The monoisotopic (exact) mass is 289 g/mol. The second-order valence-electron chi connectivity index (χ2n) is 4.38. The van der Waals surface area contributed by atoms with E-state index >= 15 is 0 Å². The fraction of sp³-hybridized carbons (Fsp3) is 0.200. The highest BCUT2D eigenvalue weighted by molar-refractivity contribution is 7.98. The number of thioether (sulfide) groups is 1. The van der Waals surface area contributed by atoms with Crippen LogP contribution in [0.15, 0.2) is 53.4 Å². The minimum atomic E-state index is -0.744. The highest BCUT2D eigenvalue weighted by Gasteiger charge is 2.16. The maximum atomic E-state index is 10.9. The summed E-state index contributed by atoms with van der Waals surface area (Å²) in [6, 6.07) is 14.1. The molecular weight excluding hydrogens is 274 g/mol. The van der Waals surface area contributed by atoms with Crippen LogP contribution >= 0.6 is 11.8 Å². The Labute approximate surface area is 121 Å². The molecule has 0 radical (unpaired) electrons. The van der Waals surface area contributed by atoms with E-state index in [-0.39, 0.29) is 12.1 Å². The summed E-state index contributed by atoms with van der Waals surface area (Å²) in [6.07, 6.45) is 1.47. The molecule has 1 N–H and O–H groups in total. The first-order chi connectivity index (χ1) is 9.61. The van der Waals surface area contributed by atoms with Crippen molar-refractivity contribution in [3.8, 4) is 0 Å². The molecule has 0 saturated carbocycles. The van der Waals surface area contributed by atoms with Crippen LogP contribution in [-0.2, 0) is 6.42 Å². The van der Waals surface area contributed by atoms with Crippen LogP contribution < -0.4 is 0 Å². The van der Waals surface area contributed by atoms with Gasteiger partial charge in [-0.2, -0.15) is 0 Å². The number of benzene rings is 2. The number of aliphatic hydroxyl groups is 1. The summed E-state index contributed by atoms with van der Waals surface area (Å²) in [6.45, 7) is 0. The summed E-state index contributed by atoms with van der Waals surface area (Å²) in [5, 5.41) is 21.2. The second kappa shape index (κ2) is 6.54. The highest BCUT2D eigenvalue weighted by atomic mass is 32.2. The van der Waals surface area contributed by atoms with Gasteiger partial charge in [0.1, 0.15) is 0 Å². The summed E-state index contributed by atoms with van der Waals surface area (Å²) < 4.78 is 0. The molecule has 5 heteroatoms. The predicted octanol–water partition coefficient (Wildman–Crippen LogP) is 3.59. The molecule has 1 unspecified atom stereocenters. The van der Waals surface area contributed by atoms with Crippen molar-refractivity contribution in [2.75, 3.05) is 6.26 Å². The van der Waals surface area contributed by atoms with Gasteiger partial charge in [-0.1, -0.05) is 30.3 Å². The molecule has 1 atom stereocenters. The summed E-state index contributed by atoms with van der Waals surface area (Å²) in [4.78, 5) is 11.6. The number of rotatable bonds is 5. The largest absolute Gasteiger partial charge is 0.388 e. The normalized spacial score (nSPS) is 12.1. The number of para-hydroxylation sites is 1. The van der Waals surface area contributed by atoms with Crippen LogP contribution in [0.2, 0.25) is 0 Å². The molecule has 104 valence electrons. The van der Waals surface area contributed by atoms with Gasteiger partial charge in [-0.3, -0.25) is 10.1 Å². The third-order valence-corrected chi connectivity index (χ3v) is 3.85. The first-order valence-corrected chi connectivity index (χ1v) is 7.38. The lowest BCUT2D eigenvalue weighted by atomic mass is 10.0. The van der Waals surface area contributed by atoms with Crippen LogP contribution in [0, 0.1) is 10.1 Å². The average Bonchev–Trinajstić information content (AvgIpc) is 2.47. The van der Waals surface area contributed by atoms with E-state index in [4.69, 9.17) is 0 Å². The maximum absolute atomic E-state index is 10.9. The van der Waals surface area contributed by atoms with Crippen molar-refractivity contribution in [2.45, 2.75) is 17.4 Å². The number of hydrogen-bond acceptors (Lipinski definition) is 4. The molecule has 0 saturated heterocycles. The minimum absolute atomic E-state index is 0.0484. The average molecular weight is 289 g/mol. The zero-order valence-corrected chi connectivity index (χ0v) is 11.8. The maximum Gasteiger partial charge on any atom is 0.272 e. The van der Waals surface area contributed by atoms with Gasteiger partial charge in [0.2, 0.25) is 0 Å². The topological polar surface area (TPSA) is 63.4 Å². The molecule has 0 aliphatic carbocycles. The molecule has 0 heterocycles. The van der Waals surface area contributed by atoms with E-state index < -0.39 is 11.0 Å². The SMILES string of the molecule is CSc1ccc(C(O)Cc2ccccc2[N+](=O)[O-])cc1. The third-order valence-electron chi connectivity index (χ3n) is 3.10. The van der Waals surface area contributed by atoms with Crippen LogP contribution in [0.25, 0.3) is 0 Å². The zero-order valence-electron chi connectivity index (χ0n) is 11.0. The Hall–Kier alpha value is -1.85. The molecule has 2 aromatic carbocycles. The lowest BCUT2D eigenvalue weighted by molar-refractivity contribution is -0.385. The molecule has 2 rings (SSSR count). The van der Waals surface area contributed by atoms with Gasteiger partial charge in [-0.05, 0) is 24.0 Å². The fourth-order valence-electron chi connectivity index (χ4n) is 2.01. The molecular formula is C15H15NO3S. The van der Waals surface area contributed by atoms with E-state index in [1.54, 1.807) is 30.0 Å². The van der Waals surface area contributed by atoms with E-state index in [1.807, 2.05) is 30.5 Å². The highest BCUT2D eigenvalue weighted by Crippen LogP contribution is 2.26. The number of nitro benzene ring substituents is 1. The lowest BCUT2D eigenvalue weighted by Gasteiger charge is -2.11. The van der Waals surface area contributed by atoms with E-state index in [9.17, 15) is 15.2 Å². The Kier molecular flexibility index (Phi) is 4.76. The molecule has 0 bridgehead atoms. The van der Waals surface area contributed by atoms with Crippen molar-refractivity contribution in [3.05, 3.63) is 69.8 Å². The second-order valence-corrected chi connectivity index (χ2v) is 5.26. The van der Waals surface area contributed by atoms with Crippen LogP contribution in [0.3, 0.4) is 0 Å². The van der Waals surface area contributed by atoms with Gasteiger partial charge in [0, 0.05) is 22.9 Å². The predicted molar refractivity (Wildman–Crippen MR) is 80.0 cm³/mol. The summed E-state index contributed by atoms with van der Waals surface area (Å²) in [5.74, 6) is 0. The van der Waals surface area contributed by atoms with Gasteiger partial charge in [0.25, 0.3) is 5.69 Å². The Balaban J connectivity index is 2.18. The molecule has 2 aromatic rings. The summed E-state index contributed by atoms with van der Waals surface area (Å²) >= 11 is 1.63. The third kappa shape index (κ3) is 3.37. The van der Waals surface area contributed by atoms with Crippen molar-refractivity contribution in [3.63, 3.8) is 0 Å². The van der Waals surface area contributed by atoms with Gasteiger partial charge in [-0.15, -0.1) is 11.8 Å². The van der Waals surface area contributed by atoms with E-state index in [0.29, 0.717) is 5.56 Å². The van der Waals surface area contributed by atoms with Gasteiger partial charge < -0.3 is 5.11 Å². The number of aliphatic hydroxyl groups excluding tert-OH is 1. The molecule has 0 aliphatic heterocycles. The van der Waals surface area contributed by atoms with Crippen LogP contribution in [-0.4, -0.2) is 16.3 Å². The Morgan fingerprint density at radius 2 is 1.85 bits per heavy atom. The van der Waals surface area contributed by atoms with Crippen LogP contribution in [0.4, 0.5) is 5.69 Å². The van der Waals surface area contributed by atoms with Crippen LogP contribution in [0.1, 0.15) is 17.2 Å². The first kappa shape index (κ1) is 14.6. The molecule has 0 spiro atoms. The molecule has 20 heavy (non-hydrogen) atoms. The first-order valence-electron chi connectivity index (χ1n) is 6.16. The van der Waals surface area contributed by atoms with Gasteiger partial charge in [-0.25, -0.2) is 0 Å². The number of nitro groups is 1. The van der Waals surface area contributed by atoms with Crippen molar-refractivity contribution < 1.29 is 10.0 Å². The zero-order chi connectivity index (χ0) is 14.5. The Morgan fingerprint density at radius 3 is 2.45 bits per heavy atom. The molecule has 4 nitrogen and oxygen atoms in total. The van der Waals surface area contributed by atoms with Crippen LogP contribution in [0.5, 0.6) is 0 Å². The summed E-state index contributed by atoms with van der Waals surface area (Å²) in [7, 11) is 0. The molecule has 0 amide bonds. The van der Waals surface area contributed by atoms with Crippen molar-refractivity contribution in [1.82, 2.24) is 0 Å². The fourth-order valence-corrected chi connectivity index (χ4v) is 2.42. The van der Waals surface area contributed by atoms with Crippen molar-refractivity contribution in [2.24, 2.45) is 0 Å². The number of hydrogen-bond donors (Lipinski definition) is 1. The summed E-state index contributed by atoms with van der Waals surface area (Å²) in [5.41, 5.74) is 1.35. The Bertz CT molecular complexity index is 598. The van der Waals surface area contributed by atoms with E-state index in [0.717, 1.165) is 10.5 Å². The van der Waals surface area contributed by atoms with E-state index in [1.165, 1.54) is 6.07 Å². The quantitative estimate of drug-likeness (QED) is 0.519. The standard InChI is InChI=1S/C15H15NO3S/c1-20-13-8-6-11(7-9-13)15(17)10-12-4-2-3-5-14(12)16(18)19/h2-9,15,17H,10H2,1H3. The van der Waals surface area contributed by atoms with Gasteiger partial charge >= 0.3 is 0 Å².